The number of allylic oxidation sites excluding steroid dienone is 1. The summed E-state index contributed by atoms with van der Waals surface area (Å²) in [6, 6.07) is 6.27. The van der Waals surface area contributed by atoms with Gasteiger partial charge in [-0.1, -0.05) is 49.6 Å². The van der Waals surface area contributed by atoms with Crippen LogP contribution < -0.4 is 10.6 Å². The van der Waals surface area contributed by atoms with Crippen LogP contribution in [0.4, 0.5) is 0 Å². The fraction of sp³-hybridized carbons (Fsp3) is 0.133. The lowest BCUT2D eigenvalue weighted by molar-refractivity contribution is 0.826. The van der Waals surface area contributed by atoms with E-state index in [1.54, 1.807) is 0 Å². The molecule has 0 amide bonds. The summed E-state index contributed by atoms with van der Waals surface area (Å²) < 4.78 is 0. The lowest BCUT2D eigenvalue weighted by Crippen LogP contribution is -2.32. The van der Waals surface area contributed by atoms with Crippen molar-refractivity contribution in [3.05, 3.63) is 64.2 Å². The van der Waals surface area contributed by atoms with Gasteiger partial charge in [0.05, 0.1) is 11.4 Å². The zero-order valence-corrected chi connectivity index (χ0v) is 9.11. The molecule has 0 saturated carbocycles. The topological polar surface area (TPSA) is 12.4 Å². The van der Waals surface area contributed by atoms with Crippen molar-refractivity contribution in [2.75, 3.05) is 0 Å². The fourth-order valence-corrected chi connectivity index (χ4v) is 2.30. The van der Waals surface area contributed by atoms with Gasteiger partial charge in [0.25, 0.3) is 0 Å². The minimum atomic E-state index is 0.139. The Hall–Kier alpha value is -1.89. The second-order valence-corrected chi connectivity index (χ2v) is 4.29. The molecule has 1 heteroatoms. The summed E-state index contributed by atoms with van der Waals surface area (Å²) in [5.74, 6) is 0. The van der Waals surface area contributed by atoms with Gasteiger partial charge < -0.3 is 0 Å². The van der Waals surface area contributed by atoms with Crippen LogP contribution >= 0.6 is 0 Å². The first-order valence-corrected chi connectivity index (χ1v) is 5.47. The number of hydrogen-bond acceptors (Lipinski definition) is 1. The molecule has 1 unspecified atom stereocenters. The van der Waals surface area contributed by atoms with Crippen LogP contribution in [0, 0.1) is 0 Å². The van der Waals surface area contributed by atoms with Gasteiger partial charge in [-0.3, -0.25) is 4.99 Å². The quantitative estimate of drug-likeness (QED) is 0.617. The zero-order chi connectivity index (χ0) is 11.1. The largest absolute Gasteiger partial charge is 0.272 e. The average molecular weight is 207 g/mol. The SMILES string of the molecule is C=C1C=CCC2=Cc3cccc(=C)c3=NC12. The molecule has 0 spiro atoms. The highest BCUT2D eigenvalue weighted by Crippen LogP contribution is 2.27. The molecule has 1 aliphatic heterocycles. The molecule has 3 rings (SSSR count). The van der Waals surface area contributed by atoms with Crippen LogP contribution in [0.1, 0.15) is 12.0 Å². The van der Waals surface area contributed by atoms with E-state index in [9.17, 15) is 0 Å². The molecule has 0 N–H and O–H groups in total. The molecular formula is C15H13N. The van der Waals surface area contributed by atoms with Crippen LogP contribution in [0.3, 0.4) is 0 Å². The lowest BCUT2D eigenvalue weighted by Gasteiger charge is -2.23. The van der Waals surface area contributed by atoms with Crippen LogP contribution in [-0.4, -0.2) is 6.04 Å². The summed E-state index contributed by atoms with van der Waals surface area (Å²) in [6.07, 6.45) is 7.44. The van der Waals surface area contributed by atoms with Crippen LogP contribution in [0.5, 0.6) is 0 Å². The molecule has 2 aliphatic rings. The first-order valence-electron chi connectivity index (χ1n) is 5.47. The second-order valence-electron chi connectivity index (χ2n) is 4.29. The number of nitrogens with zero attached hydrogens (tertiary/aromatic N) is 1. The third-order valence-electron chi connectivity index (χ3n) is 3.14. The lowest BCUT2D eigenvalue weighted by atomic mass is 9.88. The molecule has 0 fully saturated rings. The average Bonchev–Trinajstić information content (AvgIpc) is 2.28. The predicted molar refractivity (Wildman–Crippen MR) is 67.4 cm³/mol. The van der Waals surface area contributed by atoms with Gasteiger partial charge in [0.2, 0.25) is 0 Å². The summed E-state index contributed by atoms with van der Waals surface area (Å²) in [5.41, 5.74) is 3.60. The van der Waals surface area contributed by atoms with Crippen LogP contribution in [0.15, 0.2) is 53.1 Å². The molecule has 16 heavy (non-hydrogen) atoms. The minimum Gasteiger partial charge on any atom is -0.272 e. The molecule has 0 radical (unpaired) electrons. The van der Waals surface area contributed by atoms with Crippen LogP contribution in [0.2, 0.25) is 0 Å². The fourth-order valence-electron chi connectivity index (χ4n) is 2.30. The van der Waals surface area contributed by atoms with E-state index in [0.29, 0.717) is 0 Å². The van der Waals surface area contributed by atoms with E-state index in [-0.39, 0.29) is 6.04 Å². The Bertz CT molecular complexity index is 632. The summed E-state index contributed by atoms with van der Waals surface area (Å²) in [4.78, 5) is 4.77. The molecule has 1 aromatic rings. The van der Waals surface area contributed by atoms with Crippen molar-refractivity contribution in [2.24, 2.45) is 4.99 Å². The number of para-hydroxylation sites is 1. The molecule has 1 aromatic carbocycles. The Kier molecular flexibility index (Phi) is 1.93. The van der Waals surface area contributed by atoms with Gasteiger partial charge in [-0.05, 0) is 22.8 Å². The first-order chi connectivity index (χ1) is 7.75. The van der Waals surface area contributed by atoms with Gasteiger partial charge in [-0.2, -0.15) is 0 Å². The van der Waals surface area contributed by atoms with E-state index in [0.717, 1.165) is 22.6 Å². The highest BCUT2D eigenvalue weighted by molar-refractivity contribution is 5.60. The van der Waals surface area contributed by atoms with E-state index >= 15 is 0 Å². The Morgan fingerprint density at radius 3 is 3.00 bits per heavy atom. The van der Waals surface area contributed by atoms with Crippen molar-refractivity contribution in [3.63, 3.8) is 0 Å². The number of fused-ring (bicyclic) bond motifs is 2. The summed E-state index contributed by atoms with van der Waals surface area (Å²) in [6.45, 7) is 8.09. The van der Waals surface area contributed by atoms with E-state index in [1.165, 1.54) is 11.1 Å². The Balaban J connectivity index is 2.30. The van der Waals surface area contributed by atoms with Crippen molar-refractivity contribution in [3.8, 4) is 0 Å². The Labute approximate surface area is 94.8 Å². The third kappa shape index (κ3) is 1.28. The molecular weight excluding hydrogens is 194 g/mol. The first kappa shape index (κ1) is 9.34. The maximum Gasteiger partial charge on any atom is 0.0967 e. The van der Waals surface area contributed by atoms with E-state index in [4.69, 9.17) is 4.99 Å². The van der Waals surface area contributed by atoms with Crippen molar-refractivity contribution in [2.45, 2.75) is 12.5 Å². The molecule has 78 valence electrons. The van der Waals surface area contributed by atoms with Crippen molar-refractivity contribution in [1.82, 2.24) is 0 Å². The monoisotopic (exact) mass is 207 g/mol. The smallest absolute Gasteiger partial charge is 0.0967 e. The molecule has 1 nitrogen and oxygen atoms in total. The number of rotatable bonds is 0. The minimum absolute atomic E-state index is 0.139. The Morgan fingerprint density at radius 2 is 2.12 bits per heavy atom. The normalized spacial score (nSPS) is 21.9. The molecule has 1 heterocycles. The molecule has 1 aliphatic carbocycles. The van der Waals surface area contributed by atoms with Gasteiger partial charge in [0.1, 0.15) is 0 Å². The zero-order valence-electron chi connectivity index (χ0n) is 9.11. The highest BCUT2D eigenvalue weighted by atomic mass is 14.8. The van der Waals surface area contributed by atoms with E-state index in [1.807, 2.05) is 12.1 Å². The standard InChI is InChI=1S/C15H13N/c1-10-5-3-7-12-9-13-8-4-6-11(2)15(13)16-14(10)12/h3-7,9,15H,1-2,8H2. The van der Waals surface area contributed by atoms with E-state index < -0.39 is 0 Å². The summed E-state index contributed by atoms with van der Waals surface area (Å²) in [5, 5.41) is 2.02. The number of hydrogen-bond donors (Lipinski definition) is 0. The van der Waals surface area contributed by atoms with Crippen molar-refractivity contribution >= 4 is 12.7 Å². The molecule has 0 aromatic heterocycles. The van der Waals surface area contributed by atoms with Gasteiger partial charge in [-0.15, -0.1) is 0 Å². The summed E-state index contributed by atoms with van der Waals surface area (Å²) in [7, 11) is 0. The molecule has 1 atom stereocenters. The van der Waals surface area contributed by atoms with Crippen molar-refractivity contribution < 1.29 is 0 Å². The maximum atomic E-state index is 4.77. The summed E-state index contributed by atoms with van der Waals surface area (Å²) >= 11 is 0. The van der Waals surface area contributed by atoms with Crippen LogP contribution in [-0.2, 0) is 0 Å². The van der Waals surface area contributed by atoms with Gasteiger partial charge in [0, 0.05) is 5.56 Å². The van der Waals surface area contributed by atoms with E-state index in [2.05, 4.69) is 37.5 Å². The molecule has 0 saturated heterocycles. The Morgan fingerprint density at radius 1 is 1.25 bits per heavy atom. The van der Waals surface area contributed by atoms with Crippen LogP contribution in [0.25, 0.3) is 12.7 Å². The maximum absolute atomic E-state index is 4.77. The number of benzene rings is 1. The predicted octanol–water partition coefficient (Wildman–Crippen LogP) is 2.00. The van der Waals surface area contributed by atoms with Crippen molar-refractivity contribution in [1.29, 1.82) is 0 Å². The highest BCUT2D eigenvalue weighted by Gasteiger charge is 2.20. The third-order valence-corrected chi connectivity index (χ3v) is 3.14. The molecule has 0 bridgehead atoms. The van der Waals surface area contributed by atoms with Gasteiger partial charge in [-0.25, -0.2) is 0 Å². The second kappa shape index (κ2) is 3.31. The van der Waals surface area contributed by atoms with Gasteiger partial charge >= 0.3 is 0 Å². The van der Waals surface area contributed by atoms with Gasteiger partial charge in [0.15, 0.2) is 0 Å².